The Hall–Kier alpha value is -3.06. The van der Waals surface area contributed by atoms with Crippen molar-refractivity contribution in [3.63, 3.8) is 0 Å². The van der Waals surface area contributed by atoms with Crippen LogP contribution >= 0.6 is 0 Å². The molecule has 3 aromatic carbocycles. The molecule has 0 unspecified atom stereocenters. The summed E-state index contributed by atoms with van der Waals surface area (Å²) in [7, 11) is -3.18. The average Bonchev–Trinajstić information content (AvgIpc) is 2.76. The number of sulfone groups is 1. The fourth-order valence-corrected chi connectivity index (χ4v) is 3.71. The maximum atomic E-state index is 11.6. The smallest absolute Gasteiger partial charge is 0.191 e. The van der Waals surface area contributed by atoms with Gasteiger partial charge < -0.3 is 15.4 Å². The predicted molar refractivity (Wildman–Crippen MR) is 126 cm³/mol. The zero-order chi connectivity index (χ0) is 22.1. The molecule has 0 atom stereocenters. The molecule has 0 spiro atoms. The van der Waals surface area contributed by atoms with Crippen LogP contribution in [0, 0.1) is 0 Å². The molecule has 31 heavy (non-hydrogen) atoms. The first kappa shape index (κ1) is 22.6. The van der Waals surface area contributed by atoms with E-state index in [1.165, 1.54) is 17.0 Å². The number of fused-ring (bicyclic) bond motifs is 1. The van der Waals surface area contributed by atoms with E-state index in [0.29, 0.717) is 18.0 Å². The van der Waals surface area contributed by atoms with Gasteiger partial charge in [-0.2, -0.15) is 0 Å². The molecule has 0 bridgehead atoms. The van der Waals surface area contributed by atoms with Crippen LogP contribution < -0.4 is 15.4 Å². The molecule has 0 aromatic heterocycles. The summed E-state index contributed by atoms with van der Waals surface area (Å²) in [6.45, 7) is 4.57. The molecular formula is C24H29N3O3S. The van der Waals surface area contributed by atoms with E-state index >= 15 is 0 Å². The molecule has 0 radical (unpaired) electrons. The first-order valence-corrected chi connectivity index (χ1v) is 12.3. The highest BCUT2D eigenvalue weighted by Gasteiger charge is 2.06. The lowest BCUT2D eigenvalue weighted by molar-refractivity contribution is 0.311. The molecular weight excluding hydrogens is 410 g/mol. The summed E-state index contributed by atoms with van der Waals surface area (Å²) in [6, 6.07) is 21.2. The van der Waals surface area contributed by atoms with Gasteiger partial charge in [0.2, 0.25) is 0 Å². The second-order valence-corrected chi connectivity index (χ2v) is 9.26. The van der Waals surface area contributed by atoms with Crippen LogP contribution in [-0.2, 0) is 16.4 Å². The molecule has 164 valence electrons. The molecule has 0 aliphatic heterocycles. The highest BCUT2D eigenvalue weighted by atomic mass is 32.2. The quantitative estimate of drug-likeness (QED) is 0.301. The highest BCUT2D eigenvalue weighted by Crippen LogP contribution is 2.20. The summed E-state index contributed by atoms with van der Waals surface area (Å²) in [5.41, 5.74) is 0.948. The van der Waals surface area contributed by atoms with Gasteiger partial charge in [-0.05, 0) is 53.9 Å². The first-order valence-electron chi connectivity index (χ1n) is 10.4. The topological polar surface area (TPSA) is 79.8 Å². The molecule has 0 saturated carbocycles. The van der Waals surface area contributed by atoms with E-state index in [4.69, 9.17) is 4.74 Å². The third-order valence-corrected chi connectivity index (χ3v) is 5.85. The zero-order valence-corrected chi connectivity index (χ0v) is 18.8. The minimum atomic E-state index is -3.18. The number of aliphatic imine (C=N–C) groups is 1. The Morgan fingerprint density at radius 3 is 2.42 bits per heavy atom. The average molecular weight is 440 g/mol. The van der Waals surface area contributed by atoms with E-state index in [0.717, 1.165) is 36.8 Å². The summed E-state index contributed by atoms with van der Waals surface area (Å²) in [5, 5.41) is 8.90. The van der Waals surface area contributed by atoms with Gasteiger partial charge in [-0.25, -0.2) is 13.4 Å². The van der Waals surface area contributed by atoms with Crippen molar-refractivity contribution in [2.24, 2.45) is 4.99 Å². The maximum Gasteiger partial charge on any atom is 0.191 e. The SMILES string of the molecule is CCNC(=NCc1ccc(S(C)(=O)=O)cc1)NCCCOc1ccc2ccccc2c1. The zero-order valence-electron chi connectivity index (χ0n) is 18.0. The molecule has 0 heterocycles. The summed E-state index contributed by atoms with van der Waals surface area (Å²) in [4.78, 5) is 4.89. The number of nitrogens with zero attached hydrogens (tertiary/aromatic N) is 1. The summed E-state index contributed by atoms with van der Waals surface area (Å²) in [5.74, 6) is 1.59. The summed E-state index contributed by atoms with van der Waals surface area (Å²) < 4.78 is 29.0. The lowest BCUT2D eigenvalue weighted by Gasteiger charge is -2.12. The molecule has 7 heteroatoms. The summed E-state index contributed by atoms with van der Waals surface area (Å²) >= 11 is 0. The van der Waals surface area contributed by atoms with Gasteiger partial charge in [0.25, 0.3) is 0 Å². The number of nitrogens with one attached hydrogen (secondary N) is 2. The Bertz CT molecular complexity index is 1130. The fraction of sp³-hybridized carbons (Fsp3) is 0.292. The number of rotatable bonds is 9. The molecule has 2 N–H and O–H groups in total. The molecule has 0 saturated heterocycles. The monoisotopic (exact) mass is 439 g/mol. The third-order valence-electron chi connectivity index (χ3n) is 4.72. The Balaban J connectivity index is 1.46. The van der Waals surface area contributed by atoms with Gasteiger partial charge in [-0.15, -0.1) is 0 Å². The van der Waals surface area contributed by atoms with Gasteiger partial charge in [0.05, 0.1) is 18.0 Å². The molecule has 0 aliphatic rings. The van der Waals surface area contributed by atoms with Crippen LogP contribution in [0.15, 0.2) is 76.6 Å². The van der Waals surface area contributed by atoms with Crippen LogP contribution in [0.4, 0.5) is 0 Å². The lowest BCUT2D eigenvalue weighted by atomic mass is 10.1. The molecule has 0 amide bonds. The van der Waals surface area contributed by atoms with E-state index in [9.17, 15) is 8.42 Å². The van der Waals surface area contributed by atoms with Crippen molar-refractivity contribution in [1.29, 1.82) is 0 Å². The fourth-order valence-electron chi connectivity index (χ4n) is 3.08. The van der Waals surface area contributed by atoms with E-state index in [1.807, 2.05) is 25.1 Å². The second kappa shape index (κ2) is 10.8. The third kappa shape index (κ3) is 7.00. The standard InChI is InChI=1S/C24H29N3O3S/c1-3-25-24(27-18-19-9-13-23(14-10-19)31(2,28)29)26-15-6-16-30-22-12-11-20-7-4-5-8-21(20)17-22/h4-5,7-14,17H,3,6,15-16,18H2,1-2H3,(H2,25,26,27). The van der Waals surface area contributed by atoms with E-state index in [2.05, 4.69) is 39.9 Å². The maximum absolute atomic E-state index is 11.6. The lowest BCUT2D eigenvalue weighted by Crippen LogP contribution is -2.38. The molecule has 6 nitrogen and oxygen atoms in total. The number of guanidine groups is 1. The second-order valence-electron chi connectivity index (χ2n) is 7.25. The van der Waals surface area contributed by atoms with E-state index in [1.54, 1.807) is 24.3 Å². The van der Waals surface area contributed by atoms with Crippen LogP contribution in [0.25, 0.3) is 10.8 Å². The number of hydrogen-bond donors (Lipinski definition) is 2. The van der Waals surface area contributed by atoms with Crippen LogP contribution in [0.3, 0.4) is 0 Å². The number of benzene rings is 3. The Morgan fingerprint density at radius 1 is 0.968 bits per heavy atom. The van der Waals surface area contributed by atoms with Gasteiger partial charge >= 0.3 is 0 Å². The van der Waals surface area contributed by atoms with Crippen molar-refractivity contribution in [2.75, 3.05) is 26.0 Å². The Morgan fingerprint density at radius 2 is 1.71 bits per heavy atom. The summed E-state index contributed by atoms with van der Waals surface area (Å²) in [6.07, 6.45) is 2.04. The molecule has 3 aromatic rings. The van der Waals surface area contributed by atoms with E-state index < -0.39 is 9.84 Å². The highest BCUT2D eigenvalue weighted by molar-refractivity contribution is 7.90. The normalized spacial score (nSPS) is 12.0. The van der Waals surface area contributed by atoms with Crippen LogP contribution in [0.1, 0.15) is 18.9 Å². The van der Waals surface area contributed by atoms with Gasteiger partial charge in [-0.3, -0.25) is 0 Å². The van der Waals surface area contributed by atoms with Gasteiger partial charge in [0, 0.05) is 19.3 Å². The molecule has 3 rings (SSSR count). The molecule has 0 aliphatic carbocycles. The van der Waals surface area contributed by atoms with Crippen LogP contribution in [-0.4, -0.2) is 40.3 Å². The van der Waals surface area contributed by atoms with Gasteiger partial charge in [0.1, 0.15) is 5.75 Å². The first-order chi connectivity index (χ1) is 15.0. The Kier molecular flexibility index (Phi) is 7.89. The van der Waals surface area contributed by atoms with Crippen molar-refractivity contribution in [1.82, 2.24) is 10.6 Å². The van der Waals surface area contributed by atoms with Crippen molar-refractivity contribution < 1.29 is 13.2 Å². The van der Waals surface area contributed by atoms with E-state index in [-0.39, 0.29) is 0 Å². The van der Waals surface area contributed by atoms with Crippen LogP contribution in [0.5, 0.6) is 5.75 Å². The Labute approximate surface area is 184 Å². The van der Waals surface area contributed by atoms with Gasteiger partial charge in [0.15, 0.2) is 15.8 Å². The van der Waals surface area contributed by atoms with Crippen LogP contribution in [0.2, 0.25) is 0 Å². The van der Waals surface area contributed by atoms with Crippen molar-refractivity contribution in [3.05, 3.63) is 72.3 Å². The number of ether oxygens (including phenoxy) is 1. The van der Waals surface area contributed by atoms with Gasteiger partial charge in [-0.1, -0.05) is 42.5 Å². The molecule has 0 fully saturated rings. The van der Waals surface area contributed by atoms with Crippen molar-refractivity contribution in [2.45, 2.75) is 24.8 Å². The largest absolute Gasteiger partial charge is 0.494 e. The minimum Gasteiger partial charge on any atom is -0.494 e. The predicted octanol–water partition coefficient (Wildman–Crippen LogP) is 3.77. The van der Waals surface area contributed by atoms with Crippen molar-refractivity contribution in [3.8, 4) is 5.75 Å². The minimum absolute atomic E-state index is 0.316. The van der Waals surface area contributed by atoms with Crippen molar-refractivity contribution >= 4 is 26.6 Å². The number of hydrogen-bond acceptors (Lipinski definition) is 4.